The van der Waals surface area contributed by atoms with Crippen LogP contribution in [-0.4, -0.2) is 54.9 Å². The molecule has 2 aromatic carbocycles. The summed E-state index contributed by atoms with van der Waals surface area (Å²) < 4.78 is 49.0. The molecule has 1 atom stereocenters. The first-order chi connectivity index (χ1) is 15.0. The number of halogens is 3. The summed E-state index contributed by atoms with van der Waals surface area (Å²) >= 11 is 0. The highest BCUT2D eigenvalue weighted by Gasteiger charge is 2.56. The third kappa shape index (κ3) is 6.14. The fourth-order valence-corrected chi connectivity index (χ4v) is 2.73. The van der Waals surface area contributed by atoms with Gasteiger partial charge >= 0.3 is 12.1 Å². The van der Waals surface area contributed by atoms with Crippen molar-refractivity contribution in [3.8, 4) is 0 Å². The summed E-state index contributed by atoms with van der Waals surface area (Å²) in [5.74, 6) is -5.18. The van der Waals surface area contributed by atoms with Crippen molar-refractivity contribution in [1.82, 2.24) is 0 Å². The van der Waals surface area contributed by atoms with Crippen LogP contribution in [0.5, 0.6) is 0 Å². The Kier molecular flexibility index (Phi) is 8.12. The van der Waals surface area contributed by atoms with Gasteiger partial charge in [-0.2, -0.15) is 13.2 Å². The molecule has 0 saturated heterocycles. The molecule has 2 N–H and O–H groups in total. The molecular formula is C22H23F3N2O5. The van der Waals surface area contributed by atoms with Crippen LogP contribution < -0.4 is 4.90 Å². The van der Waals surface area contributed by atoms with Crippen LogP contribution in [0.3, 0.4) is 0 Å². The summed E-state index contributed by atoms with van der Waals surface area (Å²) in [6.07, 6.45) is -6.52. The Labute approximate surface area is 182 Å². The minimum atomic E-state index is -5.26. The number of anilines is 1. The van der Waals surface area contributed by atoms with Crippen molar-refractivity contribution in [2.75, 3.05) is 25.2 Å². The summed E-state index contributed by atoms with van der Waals surface area (Å²) in [6, 6.07) is 14.2. The zero-order valence-electron chi connectivity index (χ0n) is 17.5. The highest BCUT2D eigenvalue weighted by molar-refractivity contribution is 6.06. The van der Waals surface area contributed by atoms with E-state index in [1.165, 1.54) is 36.1 Å². The summed E-state index contributed by atoms with van der Waals surface area (Å²) in [6.45, 7) is 0.277. The van der Waals surface area contributed by atoms with Gasteiger partial charge < -0.3 is 24.9 Å². The van der Waals surface area contributed by atoms with Crippen LogP contribution in [0, 0.1) is 5.41 Å². The van der Waals surface area contributed by atoms with Gasteiger partial charge in [0.05, 0.1) is 13.0 Å². The Morgan fingerprint density at radius 3 is 2.12 bits per heavy atom. The monoisotopic (exact) mass is 452 g/mol. The van der Waals surface area contributed by atoms with Crippen LogP contribution >= 0.6 is 0 Å². The summed E-state index contributed by atoms with van der Waals surface area (Å²) in [5.41, 5.74) is 0.372. The molecule has 1 amide bonds. The standard InChI is InChI=1S/C22H23F3N2O5/c1-3-31-19(28)14-32-21(30,22(23,24)25)13-18(26)15-9-11-16(12-10-15)20(29)27(2)17-7-5-4-6-8-17/h4-12,26,30H,3,13-14H2,1-2H3. The number of carbonyl (C=O) groups is 2. The van der Waals surface area contributed by atoms with Crippen LogP contribution in [0.25, 0.3) is 0 Å². The maximum atomic E-state index is 13.4. The number of benzene rings is 2. The number of amides is 1. The minimum absolute atomic E-state index is 0.0475. The molecule has 2 aromatic rings. The van der Waals surface area contributed by atoms with E-state index < -0.39 is 36.7 Å². The number of rotatable bonds is 9. The molecule has 0 aliphatic carbocycles. The number of para-hydroxylation sites is 1. The van der Waals surface area contributed by atoms with E-state index in [4.69, 9.17) is 5.41 Å². The molecule has 172 valence electrons. The van der Waals surface area contributed by atoms with Crippen LogP contribution in [0.2, 0.25) is 0 Å². The van der Waals surface area contributed by atoms with E-state index in [1.54, 1.807) is 37.4 Å². The van der Waals surface area contributed by atoms with E-state index in [1.807, 2.05) is 0 Å². The second-order valence-corrected chi connectivity index (χ2v) is 6.81. The normalized spacial score (nSPS) is 13.2. The minimum Gasteiger partial charge on any atom is -0.464 e. The Hall–Kier alpha value is -3.24. The van der Waals surface area contributed by atoms with E-state index in [2.05, 4.69) is 9.47 Å². The summed E-state index contributed by atoms with van der Waals surface area (Å²) in [5, 5.41) is 18.0. The first-order valence-electron chi connectivity index (χ1n) is 9.58. The van der Waals surface area contributed by atoms with Crippen molar-refractivity contribution in [2.45, 2.75) is 25.3 Å². The molecule has 0 bridgehead atoms. The number of nitrogens with zero attached hydrogens (tertiary/aromatic N) is 1. The molecule has 1 unspecified atom stereocenters. The van der Waals surface area contributed by atoms with Crippen molar-refractivity contribution in [3.63, 3.8) is 0 Å². The van der Waals surface area contributed by atoms with Gasteiger partial charge in [0.1, 0.15) is 6.61 Å². The summed E-state index contributed by atoms with van der Waals surface area (Å²) in [7, 11) is 1.58. The molecule has 2 rings (SSSR count). The average molecular weight is 452 g/mol. The number of alkyl halides is 3. The average Bonchev–Trinajstić information content (AvgIpc) is 2.77. The SMILES string of the molecule is CCOC(=O)COC(O)(CC(=N)c1ccc(C(=O)N(C)c2ccccc2)cc1)C(F)(F)F. The van der Waals surface area contributed by atoms with Gasteiger partial charge in [-0.05, 0) is 36.8 Å². The lowest BCUT2D eigenvalue weighted by atomic mass is 10.00. The van der Waals surface area contributed by atoms with Gasteiger partial charge in [0.25, 0.3) is 11.7 Å². The topological polar surface area (TPSA) is 99.9 Å². The lowest BCUT2D eigenvalue weighted by molar-refractivity contribution is -0.360. The second-order valence-electron chi connectivity index (χ2n) is 6.81. The molecule has 0 radical (unpaired) electrons. The van der Waals surface area contributed by atoms with Crippen molar-refractivity contribution in [3.05, 3.63) is 65.7 Å². The molecule has 0 aliphatic heterocycles. The van der Waals surface area contributed by atoms with E-state index in [-0.39, 0.29) is 23.6 Å². The van der Waals surface area contributed by atoms with Crippen LogP contribution in [0.4, 0.5) is 18.9 Å². The molecular weight excluding hydrogens is 429 g/mol. The molecule has 0 aromatic heterocycles. The van der Waals surface area contributed by atoms with Gasteiger partial charge in [-0.1, -0.05) is 30.3 Å². The van der Waals surface area contributed by atoms with E-state index >= 15 is 0 Å². The van der Waals surface area contributed by atoms with Crippen molar-refractivity contribution in [1.29, 1.82) is 5.41 Å². The van der Waals surface area contributed by atoms with Gasteiger partial charge in [-0.3, -0.25) is 4.79 Å². The predicted molar refractivity (Wildman–Crippen MR) is 111 cm³/mol. The Morgan fingerprint density at radius 2 is 1.59 bits per heavy atom. The third-order valence-corrected chi connectivity index (χ3v) is 4.52. The van der Waals surface area contributed by atoms with E-state index in [0.29, 0.717) is 5.69 Å². The van der Waals surface area contributed by atoms with Crippen molar-refractivity contribution < 1.29 is 37.3 Å². The quantitative estimate of drug-likeness (QED) is 0.344. The molecule has 0 spiro atoms. The van der Waals surface area contributed by atoms with Crippen molar-refractivity contribution >= 4 is 23.3 Å². The molecule has 7 nitrogen and oxygen atoms in total. The van der Waals surface area contributed by atoms with E-state index in [0.717, 1.165) is 0 Å². The number of aliphatic hydroxyl groups is 1. The smallest absolute Gasteiger partial charge is 0.443 e. The van der Waals surface area contributed by atoms with Gasteiger partial charge in [-0.25, -0.2) is 4.79 Å². The number of carbonyl (C=O) groups excluding carboxylic acids is 2. The first-order valence-corrected chi connectivity index (χ1v) is 9.58. The number of esters is 1. The Balaban J connectivity index is 2.12. The Bertz CT molecular complexity index is 948. The maximum Gasteiger partial charge on any atom is 0.443 e. The fraction of sp³-hybridized carbons (Fsp3) is 0.318. The maximum absolute atomic E-state index is 13.4. The van der Waals surface area contributed by atoms with Gasteiger partial charge in [0, 0.05) is 24.0 Å². The van der Waals surface area contributed by atoms with Gasteiger partial charge in [-0.15, -0.1) is 0 Å². The zero-order chi connectivity index (χ0) is 23.9. The lowest BCUT2D eigenvalue weighted by Gasteiger charge is -2.30. The van der Waals surface area contributed by atoms with Crippen LogP contribution in [0.15, 0.2) is 54.6 Å². The number of ether oxygens (including phenoxy) is 2. The lowest BCUT2D eigenvalue weighted by Crippen LogP contribution is -2.50. The van der Waals surface area contributed by atoms with Crippen LogP contribution in [0.1, 0.15) is 29.3 Å². The van der Waals surface area contributed by atoms with Gasteiger partial charge in [0.2, 0.25) is 0 Å². The Morgan fingerprint density at radius 1 is 1.03 bits per heavy atom. The molecule has 0 heterocycles. The van der Waals surface area contributed by atoms with E-state index in [9.17, 15) is 27.9 Å². The zero-order valence-corrected chi connectivity index (χ0v) is 17.5. The highest BCUT2D eigenvalue weighted by Crippen LogP contribution is 2.35. The molecule has 10 heteroatoms. The molecule has 0 fully saturated rings. The first kappa shape index (κ1) is 25.0. The second kappa shape index (κ2) is 10.4. The predicted octanol–water partition coefficient (Wildman–Crippen LogP) is 3.55. The number of hydrogen-bond donors (Lipinski definition) is 2. The van der Waals surface area contributed by atoms with Crippen molar-refractivity contribution in [2.24, 2.45) is 0 Å². The van der Waals surface area contributed by atoms with Crippen LogP contribution in [-0.2, 0) is 14.3 Å². The number of nitrogens with one attached hydrogen (secondary N) is 1. The fourth-order valence-electron chi connectivity index (χ4n) is 2.73. The van der Waals surface area contributed by atoms with Gasteiger partial charge in [0.15, 0.2) is 0 Å². The molecule has 0 aliphatic rings. The highest BCUT2D eigenvalue weighted by atomic mass is 19.4. The molecule has 32 heavy (non-hydrogen) atoms. The third-order valence-electron chi connectivity index (χ3n) is 4.52. The number of hydrogen-bond acceptors (Lipinski definition) is 6. The largest absolute Gasteiger partial charge is 0.464 e. The molecule has 0 saturated carbocycles. The summed E-state index contributed by atoms with van der Waals surface area (Å²) in [4.78, 5) is 25.3.